The van der Waals surface area contributed by atoms with E-state index in [1.165, 1.54) is 11.3 Å². The lowest BCUT2D eigenvalue weighted by atomic mass is 10.0. The smallest absolute Gasteiger partial charge is 0.177 e. The van der Waals surface area contributed by atoms with Crippen LogP contribution in [-0.2, 0) is 0 Å². The molecular formula is C9H12ClNOS. The molecule has 0 aromatic carbocycles. The Morgan fingerprint density at radius 3 is 2.77 bits per heavy atom. The average Bonchev–Trinajstić information content (AvgIpc) is 2.54. The number of thiophene rings is 1. The molecule has 72 valence electrons. The Hall–Kier alpha value is -0.380. The summed E-state index contributed by atoms with van der Waals surface area (Å²) in [5.74, 6) is 0.0524. The van der Waals surface area contributed by atoms with Gasteiger partial charge in [0.15, 0.2) is 5.78 Å². The van der Waals surface area contributed by atoms with Gasteiger partial charge in [-0.25, -0.2) is 0 Å². The second-order valence-electron chi connectivity index (χ2n) is 2.81. The van der Waals surface area contributed by atoms with Gasteiger partial charge >= 0.3 is 0 Å². The Morgan fingerprint density at radius 2 is 2.38 bits per heavy atom. The fourth-order valence-electron chi connectivity index (χ4n) is 1.11. The molecule has 1 atom stereocenters. The zero-order chi connectivity index (χ0) is 9.84. The summed E-state index contributed by atoms with van der Waals surface area (Å²) in [6.45, 7) is 2.37. The van der Waals surface area contributed by atoms with Crippen molar-refractivity contribution in [1.82, 2.24) is 0 Å². The van der Waals surface area contributed by atoms with E-state index in [0.717, 1.165) is 6.42 Å². The van der Waals surface area contributed by atoms with Gasteiger partial charge in [-0.1, -0.05) is 18.5 Å². The maximum atomic E-state index is 11.7. The summed E-state index contributed by atoms with van der Waals surface area (Å²) in [7, 11) is 0. The number of carbonyl (C=O) groups excluding carboxylic acids is 1. The molecule has 0 bridgehead atoms. The zero-order valence-corrected chi connectivity index (χ0v) is 8.99. The van der Waals surface area contributed by atoms with Gasteiger partial charge in [0.25, 0.3) is 0 Å². The molecular weight excluding hydrogens is 206 g/mol. The van der Waals surface area contributed by atoms with Crippen molar-refractivity contribution in [2.24, 2.45) is 11.7 Å². The highest BCUT2D eigenvalue weighted by atomic mass is 35.5. The van der Waals surface area contributed by atoms with Crippen molar-refractivity contribution in [3.8, 4) is 0 Å². The average molecular weight is 218 g/mol. The normalized spacial score (nSPS) is 12.8. The summed E-state index contributed by atoms with van der Waals surface area (Å²) in [5, 5.41) is 0. The van der Waals surface area contributed by atoms with Crippen LogP contribution in [0.4, 0.5) is 0 Å². The van der Waals surface area contributed by atoms with Gasteiger partial charge in [0.2, 0.25) is 0 Å². The standard InChI is InChI=1S/C9H12ClNOS/c1-2-6(5-11)9(12)7-3-4-8(10)13-7/h3-4,6H,2,5,11H2,1H3. The fourth-order valence-corrected chi connectivity index (χ4v) is 2.17. The van der Waals surface area contributed by atoms with E-state index in [-0.39, 0.29) is 11.7 Å². The number of carbonyl (C=O) groups is 1. The summed E-state index contributed by atoms with van der Waals surface area (Å²) in [6, 6.07) is 3.50. The zero-order valence-electron chi connectivity index (χ0n) is 7.42. The first kappa shape index (κ1) is 10.7. The number of hydrogen-bond donors (Lipinski definition) is 1. The van der Waals surface area contributed by atoms with Crippen LogP contribution in [0.1, 0.15) is 23.0 Å². The molecule has 2 nitrogen and oxygen atoms in total. The molecule has 1 heterocycles. The van der Waals surface area contributed by atoms with Gasteiger partial charge in [-0.2, -0.15) is 0 Å². The van der Waals surface area contributed by atoms with E-state index in [9.17, 15) is 4.79 Å². The van der Waals surface area contributed by atoms with Gasteiger partial charge < -0.3 is 5.73 Å². The van der Waals surface area contributed by atoms with Crippen LogP contribution in [0.3, 0.4) is 0 Å². The molecule has 2 N–H and O–H groups in total. The number of rotatable bonds is 4. The van der Waals surface area contributed by atoms with E-state index in [4.69, 9.17) is 17.3 Å². The largest absolute Gasteiger partial charge is 0.330 e. The van der Waals surface area contributed by atoms with E-state index in [2.05, 4.69) is 0 Å². The molecule has 0 radical (unpaired) electrons. The van der Waals surface area contributed by atoms with Crippen molar-refractivity contribution < 1.29 is 4.79 Å². The fraction of sp³-hybridized carbons (Fsp3) is 0.444. The molecule has 1 rings (SSSR count). The Kier molecular flexibility index (Phi) is 3.90. The van der Waals surface area contributed by atoms with Crippen LogP contribution in [0.2, 0.25) is 4.34 Å². The highest BCUT2D eigenvalue weighted by Crippen LogP contribution is 2.24. The first-order valence-electron chi connectivity index (χ1n) is 4.18. The van der Waals surface area contributed by atoms with Crippen molar-refractivity contribution in [2.45, 2.75) is 13.3 Å². The number of hydrogen-bond acceptors (Lipinski definition) is 3. The van der Waals surface area contributed by atoms with Crippen LogP contribution in [0.15, 0.2) is 12.1 Å². The minimum absolute atomic E-state index is 0.0604. The monoisotopic (exact) mass is 217 g/mol. The molecule has 4 heteroatoms. The lowest BCUT2D eigenvalue weighted by molar-refractivity contribution is 0.0925. The van der Waals surface area contributed by atoms with Crippen molar-refractivity contribution in [1.29, 1.82) is 0 Å². The number of ketones is 1. The van der Waals surface area contributed by atoms with E-state index in [1.54, 1.807) is 12.1 Å². The second-order valence-corrected chi connectivity index (χ2v) is 4.52. The molecule has 1 unspecified atom stereocenters. The highest BCUT2D eigenvalue weighted by molar-refractivity contribution is 7.18. The summed E-state index contributed by atoms with van der Waals surface area (Å²) in [6.07, 6.45) is 0.783. The SMILES string of the molecule is CCC(CN)C(=O)c1ccc(Cl)s1. The van der Waals surface area contributed by atoms with Crippen LogP contribution < -0.4 is 5.73 Å². The minimum atomic E-state index is -0.0604. The van der Waals surface area contributed by atoms with E-state index >= 15 is 0 Å². The third-order valence-electron chi connectivity index (χ3n) is 1.96. The Bertz CT molecular complexity index is 294. The molecule has 1 aromatic rings. The Morgan fingerprint density at radius 1 is 1.69 bits per heavy atom. The lowest BCUT2D eigenvalue weighted by Gasteiger charge is -2.08. The quantitative estimate of drug-likeness (QED) is 0.788. The van der Waals surface area contributed by atoms with Crippen LogP contribution in [0.25, 0.3) is 0 Å². The molecule has 1 aromatic heterocycles. The molecule has 0 saturated heterocycles. The van der Waals surface area contributed by atoms with E-state index in [0.29, 0.717) is 15.8 Å². The van der Waals surface area contributed by atoms with Gasteiger partial charge in [-0.3, -0.25) is 4.79 Å². The predicted molar refractivity (Wildman–Crippen MR) is 56.5 cm³/mol. The topological polar surface area (TPSA) is 43.1 Å². The van der Waals surface area contributed by atoms with Crippen LogP contribution >= 0.6 is 22.9 Å². The summed E-state index contributed by atoms with van der Waals surface area (Å²) < 4.78 is 0.648. The maximum Gasteiger partial charge on any atom is 0.177 e. The third-order valence-corrected chi connectivity index (χ3v) is 3.21. The number of Topliss-reactive ketones (excluding diaryl/α,β-unsaturated/α-hetero) is 1. The molecule has 0 fully saturated rings. The van der Waals surface area contributed by atoms with Gasteiger partial charge in [0.1, 0.15) is 0 Å². The summed E-state index contributed by atoms with van der Waals surface area (Å²) >= 11 is 7.05. The summed E-state index contributed by atoms with van der Waals surface area (Å²) in [4.78, 5) is 12.4. The first-order chi connectivity index (χ1) is 6.19. The van der Waals surface area contributed by atoms with E-state index in [1.807, 2.05) is 6.92 Å². The van der Waals surface area contributed by atoms with Crippen molar-refractivity contribution in [3.63, 3.8) is 0 Å². The van der Waals surface area contributed by atoms with Crippen molar-refractivity contribution in [2.75, 3.05) is 6.54 Å². The molecule has 13 heavy (non-hydrogen) atoms. The predicted octanol–water partition coefficient (Wildman–Crippen LogP) is 2.57. The first-order valence-corrected chi connectivity index (χ1v) is 5.38. The minimum Gasteiger partial charge on any atom is -0.330 e. The molecule has 0 spiro atoms. The van der Waals surface area contributed by atoms with Gasteiger partial charge in [0.05, 0.1) is 9.21 Å². The van der Waals surface area contributed by atoms with Gasteiger partial charge in [-0.05, 0) is 18.6 Å². The highest BCUT2D eigenvalue weighted by Gasteiger charge is 2.17. The Labute approximate surface area is 86.7 Å². The lowest BCUT2D eigenvalue weighted by Crippen LogP contribution is -2.22. The summed E-state index contributed by atoms with van der Waals surface area (Å²) in [5.41, 5.74) is 5.48. The molecule has 0 aliphatic carbocycles. The van der Waals surface area contributed by atoms with Crippen LogP contribution in [-0.4, -0.2) is 12.3 Å². The van der Waals surface area contributed by atoms with Crippen molar-refractivity contribution in [3.05, 3.63) is 21.3 Å². The van der Waals surface area contributed by atoms with Gasteiger partial charge in [-0.15, -0.1) is 11.3 Å². The third kappa shape index (κ3) is 2.53. The van der Waals surface area contributed by atoms with E-state index < -0.39 is 0 Å². The van der Waals surface area contributed by atoms with Gasteiger partial charge in [0, 0.05) is 12.5 Å². The molecule has 0 aliphatic rings. The molecule has 0 saturated carbocycles. The molecule has 0 amide bonds. The second kappa shape index (κ2) is 4.74. The maximum absolute atomic E-state index is 11.7. The van der Waals surface area contributed by atoms with Crippen LogP contribution in [0, 0.1) is 5.92 Å². The van der Waals surface area contributed by atoms with Crippen LogP contribution in [0.5, 0.6) is 0 Å². The molecule has 0 aliphatic heterocycles. The number of halogens is 1. The number of nitrogens with two attached hydrogens (primary N) is 1. The van der Waals surface area contributed by atoms with Crippen molar-refractivity contribution >= 4 is 28.7 Å². The Balaban J connectivity index is 2.78.